The summed E-state index contributed by atoms with van der Waals surface area (Å²) < 4.78 is 0. The first kappa shape index (κ1) is 16.2. The lowest BCUT2D eigenvalue weighted by molar-refractivity contribution is -0.131. The number of hydrogen-bond donors (Lipinski definition) is 1. The van der Waals surface area contributed by atoms with Gasteiger partial charge in [-0.3, -0.25) is 0 Å². The van der Waals surface area contributed by atoms with Crippen LogP contribution in [0.3, 0.4) is 0 Å². The van der Waals surface area contributed by atoms with Gasteiger partial charge in [0.25, 0.3) is 0 Å². The third kappa shape index (κ3) is 8.01. The van der Waals surface area contributed by atoms with E-state index in [9.17, 15) is 4.79 Å². The molecule has 0 atom stereocenters. The maximum atomic E-state index is 9.25. The number of aliphatic carboxylic acids is 1. The molecule has 0 aliphatic heterocycles. The van der Waals surface area contributed by atoms with Crippen LogP contribution in [0.25, 0.3) is 12.2 Å². The molecule has 0 heterocycles. The summed E-state index contributed by atoms with van der Waals surface area (Å²) in [6.07, 6.45) is 9.14. The normalized spacial score (nSPS) is 10.1. The molecule has 0 amide bonds. The van der Waals surface area contributed by atoms with Crippen LogP contribution < -0.4 is 0 Å². The molecule has 0 unspecified atom stereocenters. The Kier molecular flexibility index (Phi) is 7.69. The highest BCUT2D eigenvalue weighted by molar-refractivity contribution is 5.78. The second-order valence-corrected chi connectivity index (χ2v) is 4.08. The molecule has 0 spiro atoms. The molecule has 0 aromatic heterocycles. The predicted molar refractivity (Wildman–Crippen MR) is 88.8 cm³/mol. The van der Waals surface area contributed by atoms with Crippen molar-refractivity contribution in [1.82, 2.24) is 0 Å². The number of benzene rings is 2. The molecule has 0 aliphatic rings. The SMILES string of the molecule is C(/C=C/c1ccccc1)=C\c1ccccc1.C=CC(=O)O. The van der Waals surface area contributed by atoms with Crippen LogP contribution in [0, 0.1) is 0 Å². The van der Waals surface area contributed by atoms with Crippen LogP contribution >= 0.6 is 0 Å². The Balaban J connectivity index is 0.000000383. The van der Waals surface area contributed by atoms with E-state index in [4.69, 9.17) is 5.11 Å². The van der Waals surface area contributed by atoms with Gasteiger partial charge in [-0.05, 0) is 11.1 Å². The standard InChI is InChI=1S/C16H14.C3H4O2/c1-3-9-15(10-4-1)13-7-8-14-16-11-5-2-6-12-16;1-2-3(4)5/h1-14H;2H,1H2,(H,4,5)/b13-7+,14-8+;. The van der Waals surface area contributed by atoms with Gasteiger partial charge in [-0.1, -0.05) is 91.5 Å². The molecule has 0 aliphatic carbocycles. The maximum Gasteiger partial charge on any atom is 0.327 e. The fourth-order valence-corrected chi connectivity index (χ4v) is 1.46. The molecule has 0 saturated heterocycles. The van der Waals surface area contributed by atoms with Crippen molar-refractivity contribution in [2.75, 3.05) is 0 Å². The molecule has 0 saturated carbocycles. The summed E-state index contributed by atoms with van der Waals surface area (Å²) in [5.41, 5.74) is 2.44. The van der Waals surface area contributed by atoms with Crippen LogP contribution in [0.1, 0.15) is 11.1 Å². The number of carboxylic acid groups (broad SMARTS) is 1. The Morgan fingerprint density at radius 1 is 0.810 bits per heavy atom. The van der Waals surface area contributed by atoms with Crippen LogP contribution in [-0.4, -0.2) is 11.1 Å². The quantitative estimate of drug-likeness (QED) is 0.651. The Morgan fingerprint density at radius 3 is 1.43 bits per heavy atom. The number of allylic oxidation sites excluding steroid dienone is 2. The van der Waals surface area contributed by atoms with Crippen molar-refractivity contribution in [2.45, 2.75) is 0 Å². The minimum Gasteiger partial charge on any atom is -0.478 e. The van der Waals surface area contributed by atoms with Gasteiger partial charge in [-0.15, -0.1) is 0 Å². The molecule has 0 fully saturated rings. The average molecular weight is 278 g/mol. The van der Waals surface area contributed by atoms with E-state index >= 15 is 0 Å². The topological polar surface area (TPSA) is 37.3 Å². The number of hydrogen-bond acceptors (Lipinski definition) is 1. The largest absolute Gasteiger partial charge is 0.478 e. The van der Waals surface area contributed by atoms with Crippen molar-refractivity contribution >= 4 is 18.1 Å². The molecule has 106 valence electrons. The fourth-order valence-electron chi connectivity index (χ4n) is 1.46. The van der Waals surface area contributed by atoms with Gasteiger partial charge in [0.15, 0.2) is 0 Å². The molecule has 2 heteroatoms. The van der Waals surface area contributed by atoms with Gasteiger partial charge in [0, 0.05) is 6.08 Å². The van der Waals surface area contributed by atoms with Crippen LogP contribution in [0.5, 0.6) is 0 Å². The van der Waals surface area contributed by atoms with Gasteiger partial charge in [-0.25, -0.2) is 4.79 Å². The van der Waals surface area contributed by atoms with Gasteiger partial charge in [0.1, 0.15) is 0 Å². The number of rotatable bonds is 4. The zero-order valence-electron chi connectivity index (χ0n) is 11.7. The highest BCUT2D eigenvalue weighted by Crippen LogP contribution is 2.03. The van der Waals surface area contributed by atoms with E-state index < -0.39 is 5.97 Å². The van der Waals surface area contributed by atoms with Crippen LogP contribution in [-0.2, 0) is 4.79 Å². The lowest BCUT2D eigenvalue weighted by Gasteiger charge is -1.90. The van der Waals surface area contributed by atoms with Gasteiger partial charge in [0.2, 0.25) is 0 Å². The second kappa shape index (κ2) is 9.98. The summed E-state index contributed by atoms with van der Waals surface area (Å²) in [6, 6.07) is 20.6. The minimum absolute atomic E-state index is 0.833. The van der Waals surface area contributed by atoms with E-state index in [0.717, 1.165) is 6.08 Å². The first-order valence-electron chi connectivity index (χ1n) is 6.52. The van der Waals surface area contributed by atoms with Crippen molar-refractivity contribution in [1.29, 1.82) is 0 Å². The van der Waals surface area contributed by atoms with E-state index in [-0.39, 0.29) is 0 Å². The predicted octanol–water partition coefficient (Wildman–Crippen LogP) is 4.67. The van der Waals surface area contributed by atoms with E-state index in [1.54, 1.807) is 0 Å². The Morgan fingerprint density at radius 2 is 1.14 bits per heavy atom. The highest BCUT2D eigenvalue weighted by atomic mass is 16.4. The van der Waals surface area contributed by atoms with Crippen molar-refractivity contribution in [3.63, 3.8) is 0 Å². The van der Waals surface area contributed by atoms with Crippen molar-refractivity contribution < 1.29 is 9.90 Å². The minimum atomic E-state index is -0.981. The first-order chi connectivity index (χ1) is 10.2. The Hall–Kier alpha value is -2.87. The summed E-state index contributed by atoms with van der Waals surface area (Å²) >= 11 is 0. The first-order valence-corrected chi connectivity index (χ1v) is 6.52. The lowest BCUT2D eigenvalue weighted by Crippen LogP contribution is -1.82. The van der Waals surface area contributed by atoms with Crippen LogP contribution in [0.2, 0.25) is 0 Å². The summed E-state index contributed by atoms with van der Waals surface area (Å²) in [6.45, 7) is 2.96. The zero-order chi connectivity index (χ0) is 15.3. The molecule has 0 radical (unpaired) electrons. The van der Waals surface area contributed by atoms with E-state index in [1.807, 2.05) is 36.4 Å². The molecule has 2 nitrogen and oxygen atoms in total. The average Bonchev–Trinajstić information content (AvgIpc) is 2.54. The Bertz CT molecular complexity index is 548. The maximum absolute atomic E-state index is 9.25. The van der Waals surface area contributed by atoms with Crippen molar-refractivity contribution in [3.05, 3.63) is 96.6 Å². The van der Waals surface area contributed by atoms with Gasteiger partial charge in [-0.2, -0.15) is 0 Å². The number of carbonyl (C=O) groups is 1. The number of carboxylic acids is 1. The molecule has 1 N–H and O–H groups in total. The summed E-state index contributed by atoms with van der Waals surface area (Å²) in [5, 5.41) is 7.60. The molecule has 2 rings (SSSR count). The third-order valence-corrected chi connectivity index (χ3v) is 2.46. The monoisotopic (exact) mass is 278 g/mol. The second-order valence-electron chi connectivity index (χ2n) is 4.08. The smallest absolute Gasteiger partial charge is 0.327 e. The molecular weight excluding hydrogens is 260 g/mol. The highest BCUT2D eigenvalue weighted by Gasteiger charge is 1.81. The third-order valence-electron chi connectivity index (χ3n) is 2.46. The molecule has 0 bridgehead atoms. The Labute approximate surface area is 125 Å². The van der Waals surface area contributed by atoms with Crippen LogP contribution in [0.15, 0.2) is 85.5 Å². The van der Waals surface area contributed by atoms with Gasteiger partial charge < -0.3 is 5.11 Å². The summed E-state index contributed by atoms with van der Waals surface area (Å²) in [4.78, 5) is 9.25. The molecule has 2 aromatic carbocycles. The summed E-state index contributed by atoms with van der Waals surface area (Å²) in [7, 11) is 0. The fraction of sp³-hybridized carbons (Fsp3) is 0. The zero-order valence-corrected chi connectivity index (χ0v) is 11.7. The van der Waals surface area contributed by atoms with E-state index in [1.165, 1.54) is 11.1 Å². The van der Waals surface area contributed by atoms with E-state index in [0.29, 0.717) is 0 Å². The van der Waals surface area contributed by atoms with Gasteiger partial charge >= 0.3 is 5.97 Å². The molecule has 21 heavy (non-hydrogen) atoms. The summed E-state index contributed by atoms with van der Waals surface area (Å²) in [5.74, 6) is -0.981. The molecule has 2 aromatic rings. The van der Waals surface area contributed by atoms with Crippen molar-refractivity contribution in [3.8, 4) is 0 Å². The van der Waals surface area contributed by atoms with Crippen molar-refractivity contribution in [2.24, 2.45) is 0 Å². The van der Waals surface area contributed by atoms with Gasteiger partial charge in [0.05, 0.1) is 0 Å². The van der Waals surface area contributed by atoms with E-state index in [2.05, 4.69) is 55.1 Å². The molecular formula is C19H18O2. The van der Waals surface area contributed by atoms with Crippen LogP contribution in [0.4, 0.5) is 0 Å². The lowest BCUT2D eigenvalue weighted by atomic mass is 10.2.